The van der Waals surface area contributed by atoms with Crippen molar-refractivity contribution < 1.29 is 14.6 Å². The summed E-state index contributed by atoms with van der Waals surface area (Å²) in [6, 6.07) is 5.52. The molecule has 0 saturated carbocycles. The molecule has 0 unspecified atom stereocenters. The Hall–Kier alpha value is -2.15. The molecular formula is C13H12BrN3O3. The van der Waals surface area contributed by atoms with Crippen molar-refractivity contribution in [3.8, 4) is 5.75 Å². The van der Waals surface area contributed by atoms with Gasteiger partial charge in [0.05, 0.1) is 25.0 Å². The minimum atomic E-state index is -1.05. The maximum absolute atomic E-state index is 11.1. The number of aromatic nitrogens is 2. The molecule has 6 nitrogen and oxygen atoms in total. The summed E-state index contributed by atoms with van der Waals surface area (Å²) < 4.78 is 6.12. The first-order chi connectivity index (χ1) is 9.61. The van der Waals surface area contributed by atoms with E-state index >= 15 is 0 Å². The second-order valence-electron chi connectivity index (χ2n) is 3.89. The zero-order chi connectivity index (χ0) is 14.5. The molecule has 0 aliphatic rings. The van der Waals surface area contributed by atoms with Crippen molar-refractivity contribution in [2.24, 2.45) is 0 Å². The van der Waals surface area contributed by atoms with Crippen LogP contribution in [-0.4, -0.2) is 28.2 Å². The Morgan fingerprint density at radius 3 is 3.00 bits per heavy atom. The van der Waals surface area contributed by atoms with Gasteiger partial charge in [-0.05, 0) is 18.2 Å². The highest BCUT2D eigenvalue weighted by atomic mass is 79.9. The Balaban J connectivity index is 2.21. The van der Waals surface area contributed by atoms with Crippen molar-refractivity contribution in [1.82, 2.24) is 9.97 Å². The van der Waals surface area contributed by atoms with E-state index in [-0.39, 0.29) is 12.1 Å². The van der Waals surface area contributed by atoms with Gasteiger partial charge in [-0.3, -0.25) is 0 Å². The molecule has 0 amide bonds. The molecule has 2 rings (SSSR count). The molecule has 2 N–H and O–H groups in total. The van der Waals surface area contributed by atoms with Gasteiger partial charge >= 0.3 is 5.97 Å². The Labute approximate surface area is 124 Å². The molecular weight excluding hydrogens is 326 g/mol. The Bertz CT molecular complexity index is 634. The fourth-order valence-electron chi connectivity index (χ4n) is 1.67. The number of carboxylic acids is 1. The van der Waals surface area contributed by atoms with Gasteiger partial charge in [-0.15, -0.1) is 0 Å². The third kappa shape index (κ3) is 3.24. The van der Waals surface area contributed by atoms with Gasteiger partial charge in [-0.25, -0.2) is 14.8 Å². The number of carbonyl (C=O) groups is 1. The predicted octanol–water partition coefficient (Wildman–Crippen LogP) is 2.56. The SMILES string of the molecule is COc1ccc(Br)cc1NCc1ncncc1C(=O)O. The zero-order valence-electron chi connectivity index (χ0n) is 10.6. The highest BCUT2D eigenvalue weighted by molar-refractivity contribution is 9.10. The van der Waals surface area contributed by atoms with Crippen LogP contribution in [0.2, 0.25) is 0 Å². The van der Waals surface area contributed by atoms with Crippen molar-refractivity contribution in [2.45, 2.75) is 6.54 Å². The van der Waals surface area contributed by atoms with Gasteiger partial charge < -0.3 is 15.2 Å². The topological polar surface area (TPSA) is 84.3 Å². The first-order valence-corrected chi connectivity index (χ1v) is 6.50. The van der Waals surface area contributed by atoms with Crippen molar-refractivity contribution in [1.29, 1.82) is 0 Å². The van der Waals surface area contributed by atoms with Crippen molar-refractivity contribution in [3.05, 3.63) is 46.5 Å². The summed E-state index contributed by atoms with van der Waals surface area (Å²) >= 11 is 3.37. The van der Waals surface area contributed by atoms with E-state index in [1.807, 2.05) is 18.2 Å². The third-order valence-electron chi connectivity index (χ3n) is 2.63. The quantitative estimate of drug-likeness (QED) is 0.872. The molecule has 0 saturated heterocycles. The van der Waals surface area contributed by atoms with E-state index in [1.54, 1.807) is 7.11 Å². The van der Waals surface area contributed by atoms with Gasteiger partial charge in [0.1, 0.15) is 17.6 Å². The number of ether oxygens (including phenoxy) is 1. The van der Waals surface area contributed by atoms with E-state index < -0.39 is 5.97 Å². The van der Waals surface area contributed by atoms with Gasteiger partial charge in [-0.2, -0.15) is 0 Å². The molecule has 0 fully saturated rings. The number of halogens is 1. The number of aromatic carboxylic acids is 1. The number of anilines is 1. The van der Waals surface area contributed by atoms with Crippen LogP contribution in [0.5, 0.6) is 5.75 Å². The Kier molecular flexibility index (Phi) is 4.52. The van der Waals surface area contributed by atoms with Crippen LogP contribution in [0.15, 0.2) is 35.2 Å². The van der Waals surface area contributed by atoms with Crippen LogP contribution in [0.1, 0.15) is 16.1 Å². The molecule has 7 heteroatoms. The second-order valence-corrected chi connectivity index (χ2v) is 4.80. The number of nitrogens with zero attached hydrogens (tertiary/aromatic N) is 2. The number of nitrogens with one attached hydrogen (secondary N) is 1. The summed E-state index contributed by atoms with van der Waals surface area (Å²) in [5.41, 5.74) is 1.24. The van der Waals surface area contributed by atoms with Gasteiger partial charge in [0, 0.05) is 10.7 Å². The van der Waals surface area contributed by atoms with Crippen LogP contribution in [-0.2, 0) is 6.54 Å². The highest BCUT2D eigenvalue weighted by Gasteiger charge is 2.12. The first-order valence-electron chi connectivity index (χ1n) is 5.71. The lowest BCUT2D eigenvalue weighted by Crippen LogP contribution is -2.10. The normalized spacial score (nSPS) is 10.1. The summed E-state index contributed by atoms with van der Waals surface area (Å²) in [5.74, 6) is -0.386. The lowest BCUT2D eigenvalue weighted by atomic mass is 10.2. The maximum atomic E-state index is 11.1. The van der Waals surface area contributed by atoms with Crippen LogP contribution in [0.3, 0.4) is 0 Å². The molecule has 104 valence electrons. The molecule has 2 aromatic rings. The van der Waals surface area contributed by atoms with E-state index in [0.29, 0.717) is 11.4 Å². The average molecular weight is 338 g/mol. The van der Waals surface area contributed by atoms with Gasteiger partial charge in [-0.1, -0.05) is 15.9 Å². The first kappa shape index (κ1) is 14.3. The third-order valence-corrected chi connectivity index (χ3v) is 3.13. The summed E-state index contributed by atoms with van der Waals surface area (Å²) in [4.78, 5) is 18.8. The van der Waals surface area contributed by atoms with Gasteiger partial charge in [0.2, 0.25) is 0 Å². The molecule has 1 aromatic carbocycles. The Morgan fingerprint density at radius 1 is 1.50 bits per heavy atom. The van der Waals surface area contributed by atoms with Crippen molar-refractivity contribution >= 4 is 27.6 Å². The minimum Gasteiger partial charge on any atom is -0.495 e. The van der Waals surface area contributed by atoms with E-state index in [0.717, 1.165) is 10.2 Å². The molecule has 1 heterocycles. The largest absolute Gasteiger partial charge is 0.495 e. The monoisotopic (exact) mass is 337 g/mol. The van der Waals surface area contributed by atoms with Crippen LogP contribution in [0.4, 0.5) is 5.69 Å². The van der Waals surface area contributed by atoms with Crippen molar-refractivity contribution in [2.75, 3.05) is 12.4 Å². The fraction of sp³-hybridized carbons (Fsp3) is 0.154. The van der Waals surface area contributed by atoms with Crippen LogP contribution in [0.25, 0.3) is 0 Å². The average Bonchev–Trinajstić information content (AvgIpc) is 2.45. The van der Waals surface area contributed by atoms with Gasteiger partial charge in [0.25, 0.3) is 0 Å². The fourth-order valence-corrected chi connectivity index (χ4v) is 2.03. The number of hydrogen-bond acceptors (Lipinski definition) is 5. The smallest absolute Gasteiger partial charge is 0.339 e. The van der Waals surface area contributed by atoms with Crippen molar-refractivity contribution in [3.63, 3.8) is 0 Å². The number of methoxy groups -OCH3 is 1. The summed E-state index contributed by atoms with van der Waals surface area (Å²) in [6.45, 7) is 0.261. The van der Waals surface area contributed by atoms with E-state index in [4.69, 9.17) is 9.84 Å². The Morgan fingerprint density at radius 2 is 2.30 bits per heavy atom. The second kappa shape index (κ2) is 6.33. The molecule has 0 radical (unpaired) electrons. The predicted molar refractivity (Wildman–Crippen MR) is 77.0 cm³/mol. The molecule has 0 aliphatic carbocycles. The van der Waals surface area contributed by atoms with E-state index in [2.05, 4.69) is 31.2 Å². The van der Waals surface area contributed by atoms with E-state index in [1.165, 1.54) is 12.5 Å². The number of rotatable bonds is 5. The van der Waals surface area contributed by atoms with Crippen LogP contribution >= 0.6 is 15.9 Å². The summed E-state index contributed by atoms with van der Waals surface area (Å²) in [5, 5.41) is 12.2. The van der Waals surface area contributed by atoms with E-state index in [9.17, 15) is 4.79 Å². The molecule has 0 aliphatic heterocycles. The van der Waals surface area contributed by atoms with Crippen LogP contribution in [0, 0.1) is 0 Å². The zero-order valence-corrected chi connectivity index (χ0v) is 12.2. The van der Waals surface area contributed by atoms with Gasteiger partial charge in [0.15, 0.2) is 0 Å². The molecule has 1 aromatic heterocycles. The highest BCUT2D eigenvalue weighted by Crippen LogP contribution is 2.28. The number of carboxylic acid groups (broad SMARTS) is 1. The number of hydrogen-bond donors (Lipinski definition) is 2. The molecule has 0 atom stereocenters. The molecule has 0 spiro atoms. The number of benzene rings is 1. The maximum Gasteiger partial charge on any atom is 0.339 e. The molecule has 20 heavy (non-hydrogen) atoms. The lowest BCUT2D eigenvalue weighted by molar-refractivity contribution is 0.0694. The summed E-state index contributed by atoms with van der Waals surface area (Å²) in [6.07, 6.45) is 2.60. The minimum absolute atomic E-state index is 0.0777. The summed E-state index contributed by atoms with van der Waals surface area (Å²) in [7, 11) is 1.57. The van der Waals surface area contributed by atoms with Crippen LogP contribution < -0.4 is 10.1 Å². The standard InChI is InChI=1S/C13H12BrN3O3/c1-20-12-3-2-8(14)4-10(12)16-6-11-9(13(18)19)5-15-7-17-11/h2-5,7,16H,6H2,1H3,(H,18,19). The molecule has 0 bridgehead atoms. The lowest BCUT2D eigenvalue weighted by Gasteiger charge is -2.12.